The van der Waals surface area contributed by atoms with Crippen molar-refractivity contribution >= 4 is 17.3 Å². The number of hydrogen-bond acceptors (Lipinski definition) is 5. The predicted octanol–water partition coefficient (Wildman–Crippen LogP) is 7.93. The maximum absolute atomic E-state index is 13.7. The average molecular weight is 550 g/mol. The lowest BCUT2D eigenvalue weighted by molar-refractivity contribution is -0.137. The Morgan fingerprint density at radius 3 is 2.50 bits per heavy atom. The van der Waals surface area contributed by atoms with Crippen molar-refractivity contribution in [2.75, 3.05) is 5.32 Å². The molecule has 0 fully saturated rings. The fourth-order valence-electron chi connectivity index (χ4n) is 4.66. The van der Waals surface area contributed by atoms with Crippen LogP contribution in [0, 0.1) is 13.8 Å². The van der Waals surface area contributed by atoms with Crippen molar-refractivity contribution in [1.82, 2.24) is 19.7 Å². The molecule has 9 heteroatoms. The average Bonchev–Trinajstić information content (AvgIpc) is 3.29. The third kappa shape index (κ3) is 6.76. The maximum Gasteiger partial charge on any atom is 0.416 e. The van der Waals surface area contributed by atoms with Crippen molar-refractivity contribution in [2.24, 2.45) is 0 Å². The van der Waals surface area contributed by atoms with Gasteiger partial charge < -0.3 is 5.32 Å². The Labute approximate surface area is 232 Å². The summed E-state index contributed by atoms with van der Waals surface area (Å²) in [4.78, 5) is 21.9. The molecular weight excluding hydrogens is 515 g/mol. The summed E-state index contributed by atoms with van der Waals surface area (Å²) < 4.78 is 42.7. The van der Waals surface area contributed by atoms with Crippen LogP contribution in [0.5, 0.6) is 0 Å². The van der Waals surface area contributed by atoms with Crippen molar-refractivity contribution in [1.29, 1.82) is 0 Å². The minimum absolute atomic E-state index is 0.0259. The first-order chi connectivity index (χ1) is 19.0. The van der Waals surface area contributed by atoms with Crippen molar-refractivity contribution < 1.29 is 18.0 Å². The topological polar surface area (TPSA) is 72.7 Å². The molecular formula is C31H34F3N5O. The fraction of sp³-hybridized carbons (Fsp3) is 0.355. The summed E-state index contributed by atoms with van der Waals surface area (Å²) in [6.07, 6.45) is -0.697. The van der Waals surface area contributed by atoms with E-state index in [4.69, 9.17) is 0 Å². The Morgan fingerprint density at radius 1 is 1.02 bits per heavy atom. The second-order valence-corrected chi connectivity index (χ2v) is 10.2. The summed E-state index contributed by atoms with van der Waals surface area (Å²) in [5.41, 5.74) is 3.89. The van der Waals surface area contributed by atoms with Crippen LogP contribution in [0.3, 0.4) is 0 Å². The molecule has 6 nitrogen and oxygen atoms in total. The van der Waals surface area contributed by atoms with Crippen LogP contribution in [0.2, 0.25) is 0 Å². The van der Waals surface area contributed by atoms with Crippen LogP contribution in [0.15, 0.2) is 54.9 Å². The SMILES string of the molecule is CCC[C@H](C)c1cc(C(=O)Cc2ccc(C)c(Nc3cc(C)nn3-c3cc(CC)ncn3)c2)cc(C(F)(F)F)c1. The molecule has 0 amide bonds. The molecule has 0 spiro atoms. The summed E-state index contributed by atoms with van der Waals surface area (Å²) in [5.74, 6) is 0.881. The number of rotatable bonds is 10. The zero-order valence-corrected chi connectivity index (χ0v) is 23.4. The van der Waals surface area contributed by atoms with Gasteiger partial charge in [0.15, 0.2) is 11.6 Å². The van der Waals surface area contributed by atoms with Crippen LogP contribution in [-0.4, -0.2) is 25.5 Å². The lowest BCUT2D eigenvalue weighted by Crippen LogP contribution is -2.11. The zero-order valence-electron chi connectivity index (χ0n) is 23.4. The van der Waals surface area contributed by atoms with Gasteiger partial charge in [-0.05, 0) is 73.6 Å². The van der Waals surface area contributed by atoms with Gasteiger partial charge in [-0.1, -0.05) is 39.3 Å². The second-order valence-electron chi connectivity index (χ2n) is 10.2. The van der Waals surface area contributed by atoms with E-state index >= 15 is 0 Å². The number of nitrogens with zero attached hydrogens (tertiary/aromatic N) is 4. The number of hydrogen-bond donors (Lipinski definition) is 1. The lowest BCUT2D eigenvalue weighted by Gasteiger charge is -2.16. The molecule has 210 valence electrons. The number of aromatic nitrogens is 4. The van der Waals surface area contributed by atoms with Gasteiger partial charge in [0.2, 0.25) is 0 Å². The molecule has 40 heavy (non-hydrogen) atoms. The summed E-state index contributed by atoms with van der Waals surface area (Å²) in [6.45, 7) is 9.72. The van der Waals surface area contributed by atoms with Gasteiger partial charge in [-0.25, -0.2) is 9.97 Å². The monoisotopic (exact) mass is 549 g/mol. The second kappa shape index (κ2) is 12.0. The highest BCUT2D eigenvalue weighted by molar-refractivity contribution is 5.98. The van der Waals surface area contributed by atoms with Gasteiger partial charge in [-0.3, -0.25) is 4.79 Å². The zero-order chi connectivity index (χ0) is 29.0. The Bertz CT molecular complexity index is 1510. The normalized spacial score (nSPS) is 12.4. The minimum atomic E-state index is -4.53. The van der Waals surface area contributed by atoms with E-state index in [-0.39, 0.29) is 23.7 Å². The van der Waals surface area contributed by atoms with Gasteiger partial charge in [0, 0.05) is 35.5 Å². The fourth-order valence-corrected chi connectivity index (χ4v) is 4.66. The minimum Gasteiger partial charge on any atom is -0.340 e. The third-order valence-electron chi connectivity index (χ3n) is 6.94. The van der Waals surface area contributed by atoms with Gasteiger partial charge in [-0.2, -0.15) is 23.0 Å². The number of carbonyl (C=O) groups excluding carboxylic acids is 1. The van der Waals surface area contributed by atoms with Crippen LogP contribution in [-0.2, 0) is 19.0 Å². The highest BCUT2D eigenvalue weighted by Gasteiger charge is 2.32. The van der Waals surface area contributed by atoms with Crippen LogP contribution in [0.1, 0.15) is 83.5 Å². The molecule has 0 radical (unpaired) electrons. The summed E-state index contributed by atoms with van der Waals surface area (Å²) in [6, 6.07) is 13.1. The number of ketones is 1. The third-order valence-corrected chi connectivity index (χ3v) is 6.94. The largest absolute Gasteiger partial charge is 0.416 e. The smallest absolute Gasteiger partial charge is 0.340 e. The molecule has 0 aliphatic carbocycles. The molecule has 4 aromatic rings. The molecule has 1 atom stereocenters. The molecule has 0 aliphatic rings. The lowest BCUT2D eigenvalue weighted by atomic mass is 9.91. The number of Topliss-reactive ketones (excluding diaryl/α,β-unsaturated/α-hetero) is 1. The van der Waals surface area contributed by atoms with Gasteiger partial charge in [0.1, 0.15) is 12.1 Å². The number of carbonyl (C=O) groups is 1. The Hall–Kier alpha value is -4.01. The van der Waals surface area contributed by atoms with E-state index in [0.29, 0.717) is 22.8 Å². The first kappa shape index (κ1) is 29.0. The molecule has 0 bridgehead atoms. The van der Waals surface area contributed by atoms with Crippen LogP contribution >= 0.6 is 0 Å². The Morgan fingerprint density at radius 2 is 1.80 bits per heavy atom. The van der Waals surface area contributed by atoms with E-state index in [9.17, 15) is 18.0 Å². The summed E-state index contributed by atoms with van der Waals surface area (Å²) in [7, 11) is 0. The summed E-state index contributed by atoms with van der Waals surface area (Å²) >= 11 is 0. The highest BCUT2D eigenvalue weighted by atomic mass is 19.4. The number of benzene rings is 2. The molecule has 0 saturated carbocycles. The van der Waals surface area contributed by atoms with Crippen molar-refractivity contribution in [2.45, 2.75) is 72.4 Å². The van der Waals surface area contributed by atoms with Crippen LogP contribution in [0.4, 0.5) is 24.7 Å². The molecule has 2 aromatic carbocycles. The standard InChI is InChI=1S/C31H34F3N5O/c1-6-8-19(3)23-14-24(16-25(15-23)31(32,33)34)28(40)13-22-10-9-20(4)27(12-22)37-30-11-21(5)38-39(30)29-17-26(7-2)35-18-36-29/h9-12,14-19,37H,6-8,13H2,1-5H3/t19-/m0/s1. The number of nitrogens with one attached hydrogen (secondary N) is 1. The maximum atomic E-state index is 13.7. The first-order valence-electron chi connectivity index (χ1n) is 13.5. The van der Waals surface area contributed by atoms with E-state index in [1.165, 1.54) is 6.33 Å². The van der Waals surface area contributed by atoms with Crippen molar-refractivity contribution in [3.05, 3.63) is 94.1 Å². The van der Waals surface area contributed by atoms with Gasteiger partial charge in [0.05, 0.1) is 11.3 Å². The van der Waals surface area contributed by atoms with Crippen LogP contribution in [0.25, 0.3) is 5.82 Å². The van der Waals surface area contributed by atoms with E-state index in [1.54, 1.807) is 10.7 Å². The molecule has 1 N–H and O–H groups in total. The predicted molar refractivity (Wildman–Crippen MR) is 151 cm³/mol. The van der Waals surface area contributed by atoms with Crippen LogP contribution < -0.4 is 5.32 Å². The molecule has 2 aromatic heterocycles. The molecule has 0 unspecified atom stereocenters. The highest BCUT2D eigenvalue weighted by Crippen LogP contribution is 2.34. The van der Waals surface area contributed by atoms with Gasteiger partial charge in [-0.15, -0.1) is 0 Å². The molecule has 2 heterocycles. The van der Waals surface area contributed by atoms with E-state index in [2.05, 4.69) is 20.4 Å². The van der Waals surface area contributed by atoms with Gasteiger partial charge in [0.25, 0.3) is 0 Å². The number of aryl methyl sites for hydroxylation is 3. The number of anilines is 2. The van der Waals surface area contributed by atoms with Crippen molar-refractivity contribution in [3.8, 4) is 5.82 Å². The first-order valence-corrected chi connectivity index (χ1v) is 13.5. The molecule has 0 aliphatic heterocycles. The van der Waals surface area contributed by atoms with Gasteiger partial charge >= 0.3 is 6.18 Å². The summed E-state index contributed by atoms with van der Waals surface area (Å²) in [5, 5.41) is 7.97. The Kier molecular flexibility index (Phi) is 8.71. The van der Waals surface area contributed by atoms with Crippen molar-refractivity contribution in [3.63, 3.8) is 0 Å². The Balaban J connectivity index is 1.62. The quantitative estimate of drug-likeness (QED) is 0.203. The molecule has 0 saturated heterocycles. The van der Waals surface area contributed by atoms with E-state index in [1.807, 2.05) is 65.0 Å². The van der Waals surface area contributed by atoms with E-state index in [0.717, 1.165) is 54.0 Å². The van der Waals surface area contributed by atoms with E-state index < -0.39 is 11.7 Å². The number of halogens is 3. The number of alkyl halides is 3. The molecule has 4 rings (SSSR count).